The molecular weight excluding hydrogens is 267 g/mol. The van der Waals surface area contributed by atoms with Crippen LogP contribution in [0.4, 0.5) is 4.39 Å². The summed E-state index contributed by atoms with van der Waals surface area (Å²) in [6, 6.07) is 13.3. The maximum Gasteiger partial charge on any atom is 0.123 e. The van der Waals surface area contributed by atoms with Gasteiger partial charge >= 0.3 is 0 Å². The van der Waals surface area contributed by atoms with Gasteiger partial charge in [0, 0.05) is 5.92 Å². The van der Waals surface area contributed by atoms with Gasteiger partial charge in [-0.25, -0.2) is 4.39 Å². The molecule has 2 aliphatic rings. The largest absolute Gasteiger partial charge is 0.394 e. The van der Waals surface area contributed by atoms with E-state index in [1.807, 2.05) is 18.2 Å². The number of hydrogen-bond acceptors (Lipinski definition) is 2. The molecule has 1 fully saturated rings. The number of rotatable bonds is 1. The van der Waals surface area contributed by atoms with E-state index in [4.69, 9.17) is 4.74 Å². The van der Waals surface area contributed by atoms with E-state index in [2.05, 4.69) is 12.1 Å². The number of ether oxygens (including phenoxy) is 1. The van der Waals surface area contributed by atoms with Gasteiger partial charge in [0.15, 0.2) is 0 Å². The number of fused-ring (bicyclic) bond motifs is 5. The third-order valence-electron chi connectivity index (χ3n) is 4.67. The summed E-state index contributed by atoms with van der Waals surface area (Å²) >= 11 is 0. The Bertz CT molecular complexity index is 683. The van der Waals surface area contributed by atoms with E-state index in [-0.39, 0.29) is 30.5 Å². The molecule has 2 aromatic carbocycles. The predicted molar refractivity (Wildman–Crippen MR) is 77.7 cm³/mol. The summed E-state index contributed by atoms with van der Waals surface area (Å²) in [7, 11) is 0. The van der Waals surface area contributed by atoms with Crippen molar-refractivity contribution in [3.05, 3.63) is 70.5 Å². The summed E-state index contributed by atoms with van der Waals surface area (Å²) in [5, 5.41) is 9.43. The number of aliphatic hydroxyl groups is 1. The average Bonchev–Trinajstić information content (AvgIpc) is 2.89. The smallest absolute Gasteiger partial charge is 0.123 e. The Kier molecular flexibility index (Phi) is 3.05. The SMILES string of the molecule is OCC1C[C@H]2c3ccccc3Cc3ccc(F)cc3[C@H]2O1. The van der Waals surface area contributed by atoms with Gasteiger partial charge in [-0.1, -0.05) is 30.3 Å². The Morgan fingerprint density at radius 1 is 1.10 bits per heavy atom. The van der Waals surface area contributed by atoms with E-state index in [9.17, 15) is 9.50 Å². The first-order valence-corrected chi connectivity index (χ1v) is 7.38. The monoisotopic (exact) mass is 284 g/mol. The third kappa shape index (κ3) is 2.08. The van der Waals surface area contributed by atoms with Crippen LogP contribution in [-0.4, -0.2) is 17.8 Å². The first kappa shape index (κ1) is 13.0. The Balaban J connectivity index is 1.90. The molecular formula is C18H17FO2. The summed E-state index contributed by atoms with van der Waals surface area (Å²) in [6.45, 7) is 0.0137. The van der Waals surface area contributed by atoms with Gasteiger partial charge in [-0.05, 0) is 47.2 Å². The molecule has 1 saturated heterocycles. The van der Waals surface area contributed by atoms with Crippen LogP contribution in [0, 0.1) is 5.82 Å². The van der Waals surface area contributed by atoms with Crippen LogP contribution in [0.3, 0.4) is 0 Å². The molecule has 2 nitrogen and oxygen atoms in total. The van der Waals surface area contributed by atoms with Crippen LogP contribution in [0.15, 0.2) is 42.5 Å². The molecule has 0 spiro atoms. The molecule has 1 N–H and O–H groups in total. The first-order valence-electron chi connectivity index (χ1n) is 7.38. The number of halogens is 1. The fourth-order valence-electron chi connectivity index (χ4n) is 3.72. The Labute approximate surface area is 123 Å². The molecule has 0 bridgehead atoms. The molecule has 0 aromatic heterocycles. The maximum absolute atomic E-state index is 13.7. The molecule has 1 heterocycles. The molecule has 3 atom stereocenters. The summed E-state index contributed by atoms with van der Waals surface area (Å²) in [6.07, 6.45) is 1.28. The van der Waals surface area contributed by atoms with Crippen LogP contribution in [0.5, 0.6) is 0 Å². The van der Waals surface area contributed by atoms with Crippen LogP contribution < -0.4 is 0 Å². The topological polar surface area (TPSA) is 29.5 Å². The number of aliphatic hydroxyl groups excluding tert-OH is 1. The van der Waals surface area contributed by atoms with Crippen molar-refractivity contribution < 1.29 is 14.2 Å². The summed E-state index contributed by atoms with van der Waals surface area (Å²) < 4.78 is 19.7. The Hall–Kier alpha value is -1.71. The van der Waals surface area contributed by atoms with Gasteiger partial charge in [0.05, 0.1) is 18.8 Å². The van der Waals surface area contributed by atoms with Crippen molar-refractivity contribution in [2.75, 3.05) is 6.61 Å². The second-order valence-electron chi connectivity index (χ2n) is 5.92. The number of benzene rings is 2. The molecule has 0 amide bonds. The standard InChI is InChI=1S/C18H17FO2/c19-13-6-5-12-7-11-3-1-2-4-15(11)17-9-14(10-20)21-18(17)16(12)8-13/h1-6,8,14,17-18,20H,7,9-10H2/t14?,17-,18+/m0/s1. The van der Waals surface area contributed by atoms with Crippen LogP contribution in [0.25, 0.3) is 0 Å². The highest BCUT2D eigenvalue weighted by molar-refractivity contribution is 5.45. The van der Waals surface area contributed by atoms with E-state index in [0.717, 1.165) is 24.0 Å². The highest BCUT2D eigenvalue weighted by Gasteiger charge is 2.40. The quantitative estimate of drug-likeness (QED) is 0.870. The zero-order valence-corrected chi connectivity index (χ0v) is 11.6. The minimum absolute atomic E-state index is 0.0137. The van der Waals surface area contributed by atoms with Crippen molar-refractivity contribution in [2.45, 2.75) is 31.0 Å². The normalized spacial score (nSPS) is 26.7. The Morgan fingerprint density at radius 2 is 1.90 bits per heavy atom. The molecule has 1 aliphatic heterocycles. The van der Waals surface area contributed by atoms with E-state index < -0.39 is 0 Å². The number of hydrogen-bond donors (Lipinski definition) is 1. The van der Waals surface area contributed by atoms with Crippen molar-refractivity contribution in [1.29, 1.82) is 0 Å². The zero-order valence-electron chi connectivity index (χ0n) is 11.6. The molecule has 2 aromatic rings. The highest BCUT2D eigenvalue weighted by Crippen LogP contribution is 2.49. The van der Waals surface area contributed by atoms with Crippen LogP contribution in [0.1, 0.15) is 40.7 Å². The van der Waals surface area contributed by atoms with E-state index >= 15 is 0 Å². The molecule has 3 heteroatoms. The fraction of sp³-hybridized carbons (Fsp3) is 0.333. The molecule has 0 saturated carbocycles. The highest BCUT2D eigenvalue weighted by atomic mass is 19.1. The lowest BCUT2D eigenvalue weighted by Gasteiger charge is -2.19. The summed E-state index contributed by atoms with van der Waals surface area (Å²) in [4.78, 5) is 0. The van der Waals surface area contributed by atoms with Gasteiger partial charge in [-0.3, -0.25) is 0 Å². The fourth-order valence-corrected chi connectivity index (χ4v) is 3.72. The molecule has 1 aliphatic carbocycles. The Morgan fingerprint density at radius 3 is 2.76 bits per heavy atom. The van der Waals surface area contributed by atoms with Crippen LogP contribution >= 0.6 is 0 Å². The minimum Gasteiger partial charge on any atom is -0.394 e. The van der Waals surface area contributed by atoms with Crippen LogP contribution in [-0.2, 0) is 11.2 Å². The maximum atomic E-state index is 13.7. The van der Waals surface area contributed by atoms with E-state index in [1.165, 1.54) is 17.2 Å². The van der Waals surface area contributed by atoms with Crippen molar-refractivity contribution in [3.63, 3.8) is 0 Å². The van der Waals surface area contributed by atoms with Gasteiger partial charge in [-0.15, -0.1) is 0 Å². The second kappa shape index (κ2) is 4.93. The van der Waals surface area contributed by atoms with Gasteiger partial charge in [-0.2, -0.15) is 0 Å². The van der Waals surface area contributed by atoms with Crippen LogP contribution in [0.2, 0.25) is 0 Å². The van der Waals surface area contributed by atoms with Gasteiger partial charge < -0.3 is 9.84 Å². The van der Waals surface area contributed by atoms with Gasteiger partial charge in [0.25, 0.3) is 0 Å². The average molecular weight is 284 g/mol. The van der Waals surface area contributed by atoms with Gasteiger partial charge in [0.2, 0.25) is 0 Å². The second-order valence-corrected chi connectivity index (χ2v) is 5.92. The first-order chi connectivity index (χ1) is 10.3. The van der Waals surface area contributed by atoms with Crippen molar-refractivity contribution in [3.8, 4) is 0 Å². The lowest BCUT2D eigenvalue weighted by Crippen LogP contribution is -2.11. The lowest BCUT2D eigenvalue weighted by atomic mass is 9.87. The molecule has 21 heavy (non-hydrogen) atoms. The third-order valence-corrected chi connectivity index (χ3v) is 4.67. The van der Waals surface area contributed by atoms with E-state index in [0.29, 0.717) is 0 Å². The molecule has 4 rings (SSSR count). The minimum atomic E-state index is -0.227. The molecule has 0 radical (unpaired) electrons. The molecule has 108 valence electrons. The van der Waals surface area contributed by atoms with Gasteiger partial charge in [0.1, 0.15) is 5.82 Å². The zero-order chi connectivity index (χ0) is 14.4. The predicted octanol–water partition coefficient (Wildman–Crippen LogP) is 3.34. The summed E-state index contributed by atoms with van der Waals surface area (Å²) in [5.74, 6) is -0.0316. The van der Waals surface area contributed by atoms with Crippen molar-refractivity contribution in [2.24, 2.45) is 0 Å². The lowest BCUT2D eigenvalue weighted by molar-refractivity contribution is 0.00829. The van der Waals surface area contributed by atoms with E-state index in [1.54, 1.807) is 6.07 Å². The molecule has 1 unspecified atom stereocenters. The van der Waals surface area contributed by atoms with Crippen molar-refractivity contribution in [1.82, 2.24) is 0 Å². The van der Waals surface area contributed by atoms with Crippen molar-refractivity contribution >= 4 is 0 Å². The summed E-state index contributed by atoms with van der Waals surface area (Å²) in [5.41, 5.74) is 4.61.